The minimum Gasteiger partial charge on any atom is -0.406 e. The molecule has 3 amide bonds. The standard InChI is InChI=1S/C13H13F3N4O3/c14-13(15,16)23-8-3-1-2-7(4-8)5-20-11(21)9-10(18-6-17-9)19-12(20)22/h1-4,9-10,17-18H,5-6H2,(H,19,22). The fourth-order valence-corrected chi connectivity index (χ4v) is 2.53. The van der Waals surface area contributed by atoms with Crippen LogP contribution in [0.1, 0.15) is 5.56 Å². The maximum Gasteiger partial charge on any atom is 0.573 e. The summed E-state index contributed by atoms with van der Waals surface area (Å²) >= 11 is 0. The molecule has 23 heavy (non-hydrogen) atoms. The Morgan fingerprint density at radius 1 is 1.26 bits per heavy atom. The highest BCUT2D eigenvalue weighted by Gasteiger charge is 2.43. The van der Waals surface area contributed by atoms with E-state index in [9.17, 15) is 22.8 Å². The molecule has 1 aromatic rings. The average molecular weight is 330 g/mol. The minimum absolute atomic E-state index is 0.148. The lowest BCUT2D eigenvalue weighted by molar-refractivity contribution is -0.274. The van der Waals surface area contributed by atoms with Crippen molar-refractivity contribution >= 4 is 11.9 Å². The van der Waals surface area contributed by atoms with Crippen molar-refractivity contribution in [2.75, 3.05) is 6.67 Å². The number of amides is 3. The first-order chi connectivity index (χ1) is 10.8. The Morgan fingerprint density at radius 2 is 2.04 bits per heavy atom. The molecule has 0 bridgehead atoms. The Balaban J connectivity index is 1.74. The van der Waals surface area contributed by atoms with E-state index in [1.54, 1.807) is 0 Å². The third-order valence-electron chi connectivity index (χ3n) is 3.51. The van der Waals surface area contributed by atoms with Gasteiger partial charge in [0.05, 0.1) is 6.54 Å². The van der Waals surface area contributed by atoms with E-state index in [2.05, 4.69) is 20.7 Å². The van der Waals surface area contributed by atoms with Gasteiger partial charge < -0.3 is 10.1 Å². The van der Waals surface area contributed by atoms with Gasteiger partial charge in [0.2, 0.25) is 0 Å². The molecule has 10 heteroatoms. The Labute approximate surface area is 128 Å². The van der Waals surface area contributed by atoms with Crippen molar-refractivity contribution in [3.8, 4) is 5.75 Å². The second-order valence-corrected chi connectivity index (χ2v) is 5.11. The maximum absolute atomic E-state index is 12.3. The number of fused-ring (bicyclic) bond motifs is 1. The van der Waals surface area contributed by atoms with Gasteiger partial charge in [0, 0.05) is 6.67 Å². The topological polar surface area (TPSA) is 82.7 Å². The molecule has 2 heterocycles. The molecule has 0 aromatic heterocycles. The van der Waals surface area contributed by atoms with E-state index in [1.807, 2.05) is 0 Å². The number of rotatable bonds is 3. The van der Waals surface area contributed by atoms with Crippen LogP contribution in [-0.4, -0.2) is 42.1 Å². The molecule has 0 spiro atoms. The molecule has 2 fully saturated rings. The van der Waals surface area contributed by atoms with Crippen LogP contribution < -0.4 is 20.7 Å². The maximum atomic E-state index is 12.3. The Hall–Kier alpha value is -2.33. The van der Waals surface area contributed by atoms with E-state index in [-0.39, 0.29) is 6.54 Å². The molecule has 124 valence electrons. The highest BCUT2D eigenvalue weighted by atomic mass is 19.4. The SMILES string of the molecule is O=C1NC2NCNC2C(=O)N1Cc1cccc(OC(F)(F)F)c1. The average Bonchev–Trinajstić information content (AvgIpc) is 2.90. The van der Waals surface area contributed by atoms with Gasteiger partial charge in [-0.2, -0.15) is 0 Å². The summed E-state index contributed by atoms with van der Waals surface area (Å²) in [6.07, 6.45) is -5.28. The predicted octanol–water partition coefficient (Wildman–Crippen LogP) is 0.482. The van der Waals surface area contributed by atoms with Gasteiger partial charge in [-0.05, 0) is 17.7 Å². The van der Waals surface area contributed by atoms with Gasteiger partial charge in [0.1, 0.15) is 18.0 Å². The number of hydrogen-bond acceptors (Lipinski definition) is 5. The van der Waals surface area contributed by atoms with Crippen molar-refractivity contribution in [3.05, 3.63) is 29.8 Å². The Bertz CT molecular complexity index is 637. The zero-order valence-electron chi connectivity index (χ0n) is 11.7. The first kappa shape index (κ1) is 15.6. The summed E-state index contributed by atoms with van der Waals surface area (Å²) in [4.78, 5) is 25.2. The lowest BCUT2D eigenvalue weighted by Crippen LogP contribution is -2.65. The predicted molar refractivity (Wildman–Crippen MR) is 70.9 cm³/mol. The zero-order chi connectivity index (χ0) is 16.6. The van der Waals surface area contributed by atoms with Crippen molar-refractivity contribution in [3.63, 3.8) is 0 Å². The van der Waals surface area contributed by atoms with Crippen LogP contribution >= 0.6 is 0 Å². The monoisotopic (exact) mass is 330 g/mol. The number of halogens is 3. The lowest BCUT2D eigenvalue weighted by Gasteiger charge is -2.33. The molecule has 7 nitrogen and oxygen atoms in total. The number of alkyl halides is 3. The fraction of sp³-hybridized carbons (Fsp3) is 0.385. The van der Waals surface area contributed by atoms with Crippen LogP contribution in [0.25, 0.3) is 0 Å². The van der Waals surface area contributed by atoms with Gasteiger partial charge in [-0.1, -0.05) is 12.1 Å². The van der Waals surface area contributed by atoms with E-state index in [4.69, 9.17) is 0 Å². The summed E-state index contributed by atoms with van der Waals surface area (Å²) in [6.45, 7) is 0.231. The molecule has 3 rings (SSSR count). The number of benzene rings is 1. The first-order valence-electron chi connectivity index (χ1n) is 6.77. The number of urea groups is 1. The van der Waals surface area contributed by atoms with Crippen LogP contribution in [0.15, 0.2) is 24.3 Å². The summed E-state index contributed by atoms with van der Waals surface area (Å²) in [6, 6.07) is 3.96. The van der Waals surface area contributed by atoms with Crippen LogP contribution in [0.4, 0.5) is 18.0 Å². The highest BCUT2D eigenvalue weighted by molar-refractivity contribution is 6.00. The smallest absolute Gasteiger partial charge is 0.406 e. The molecule has 0 aliphatic carbocycles. The van der Waals surface area contributed by atoms with Crippen molar-refractivity contribution in [1.82, 2.24) is 20.9 Å². The molecular formula is C13H13F3N4O3. The number of ether oxygens (including phenoxy) is 1. The van der Waals surface area contributed by atoms with Crippen LogP contribution in [0.2, 0.25) is 0 Å². The summed E-state index contributed by atoms with van der Waals surface area (Å²) in [5, 5.41) is 8.41. The largest absolute Gasteiger partial charge is 0.573 e. The molecule has 2 aliphatic heterocycles. The van der Waals surface area contributed by atoms with Crippen LogP contribution in [0.3, 0.4) is 0 Å². The van der Waals surface area contributed by atoms with Gasteiger partial charge in [0.15, 0.2) is 0 Å². The van der Waals surface area contributed by atoms with E-state index >= 15 is 0 Å². The molecule has 2 atom stereocenters. The number of hydrogen-bond donors (Lipinski definition) is 3. The quantitative estimate of drug-likeness (QED) is 0.751. The van der Waals surface area contributed by atoms with Gasteiger partial charge in [-0.15, -0.1) is 13.2 Å². The molecule has 0 radical (unpaired) electrons. The summed E-state index contributed by atoms with van der Waals surface area (Å²) < 4.78 is 40.5. The summed E-state index contributed by atoms with van der Waals surface area (Å²) in [5.74, 6) is -0.843. The van der Waals surface area contributed by atoms with Gasteiger partial charge in [-0.3, -0.25) is 20.3 Å². The summed E-state index contributed by atoms with van der Waals surface area (Å²) in [5.41, 5.74) is 0.347. The molecule has 2 aliphatic rings. The third-order valence-corrected chi connectivity index (χ3v) is 3.51. The summed E-state index contributed by atoms with van der Waals surface area (Å²) in [7, 11) is 0. The van der Waals surface area contributed by atoms with E-state index in [0.717, 1.165) is 17.0 Å². The first-order valence-corrected chi connectivity index (χ1v) is 6.77. The van der Waals surface area contributed by atoms with Crippen molar-refractivity contribution < 1.29 is 27.5 Å². The number of nitrogens with zero attached hydrogens (tertiary/aromatic N) is 1. The molecule has 3 N–H and O–H groups in total. The van der Waals surface area contributed by atoms with Gasteiger partial charge >= 0.3 is 12.4 Å². The van der Waals surface area contributed by atoms with Crippen molar-refractivity contribution in [2.24, 2.45) is 0 Å². The lowest BCUT2D eigenvalue weighted by atomic mass is 10.1. The van der Waals surface area contributed by atoms with Crippen LogP contribution in [0.5, 0.6) is 5.75 Å². The molecule has 0 saturated carbocycles. The number of carbonyl (C=O) groups excluding carboxylic acids is 2. The highest BCUT2D eigenvalue weighted by Crippen LogP contribution is 2.24. The van der Waals surface area contributed by atoms with E-state index < -0.39 is 36.3 Å². The number of carbonyl (C=O) groups is 2. The van der Waals surface area contributed by atoms with Gasteiger partial charge in [-0.25, -0.2) is 4.79 Å². The second kappa shape index (κ2) is 5.70. The van der Waals surface area contributed by atoms with Crippen molar-refractivity contribution in [2.45, 2.75) is 25.1 Å². The molecule has 1 aromatic carbocycles. The Morgan fingerprint density at radius 3 is 2.78 bits per heavy atom. The fourth-order valence-electron chi connectivity index (χ4n) is 2.53. The molecule has 2 saturated heterocycles. The third kappa shape index (κ3) is 3.37. The normalized spacial score (nSPS) is 24.4. The van der Waals surface area contributed by atoms with Crippen LogP contribution in [-0.2, 0) is 11.3 Å². The molecular weight excluding hydrogens is 317 g/mol. The number of imide groups is 1. The second-order valence-electron chi connectivity index (χ2n) is 5.11. The van der Waals surface area contributed by atoms with E-state index in [1.165, 1.54) is 12.1 Å². The number of nitrogens with one attached hydrogen (secondary N) is 3. The van der Waals surface area contributed by atoms with Crippen LogP contribution in [0, 0.1) is 0 Å². The molecule has 2 unspecified atom stereocenters. The van der Waals surface area contributed by atoms with Crippen molar-refractivity contribution in [1.29, 1.82) is 0 Å². The van der Waals surface area contributed by atoms with Gasteiger partial charge in [0.25, 0.3) is 5.91 Å². The van der Waals surface area contributed by atoms with E-state index in [0.29, 0.717) is 12.2 Å². The zero-order valence-corrected chi connectivity index (χ0v) is 11.7. The Kier molecular flexibility index (Phi) is 3.86. The minimum atomic E-state index is -4.80.